The highest BCUT2D eigenvalue weighted by molar-refractivity contribution is 8.13. The number of carbonyl (C=O) groups is 1. The van der Waals surface area contributed by atoms with Crippen LogP contribution >= 0.6 is 11.8 Å². The number of amides is 1. The first-order valence-corrected chi connectivity index (χ1v) is 12.0. The molecule has 0 spiro atoms. The molecule has 34 heavy (non-hydrogen) atoms. The van der Waals surface area contributed by atoms with E-state index < -0.39 is 11.4 Å². The molecule has 9 heteroatoms. The summed E-state index contributed by atoms with van der Waals surface area (Å²) in [6.07, 6.45) is 0. The fourth-order valence-electron chi connectivity index (χ4n) is 4.50. The van der Waals surface area contributed by atoms with Crippen LogP contribution in [0, 0.1) is 18.7 Å². The van der Waals surface area contributed by atoms with Crippen molar-refractivity contribution in [3.8, 4) is 5.88 Å². The molecule has 0 radical (unpaired) electrons. The molecule has 5 rings (SSSR count). The van der Waals surface area contributed by atoms with Crippen LogP contribution < -0.4 is 15.0 Å². The Morgan fingerprint density at radius 3 is 2.56 bits per heavy atom. The van der Waals surface area contributed by atoms with E-state index in [4.69, 9.17) is 9.73 Å². The molecular formula is C25H24FN5O2S. The van der Waals surface area contributed by atoms with E-state index in [1.54, 1.807) is 19.1 Å². The van der Waals surface area contributed by atoms with Gasteiger partial charge in [0.05, 0.1) is 19.3 Å². The molecule has 1 saturated heterocycles. The minimum Gasteiger partial charge on any atom is -0.479 e. The maximum atomic E-state index is 14.3. The number of aromatic nitrogens is 2. The highest BCUT2D eigenvalue weighted by Gasteiger charge is 2.51. The zero-order chi connectivity index (χ0) is 23.7. The van der Waals surface area contributed by atoms with Gasteiger partial charge in [-0.2, -0.15) is 9.37 Å². The number of aryl methyl sites for hydroxylation is 1. The van der Waals surface area contributed by atoms with Crippen LogP contribution in [0.15, 0.2) is 65.7 Å². The number of benzene rings is 2. The first-order valence-electron chi connectivity index (χ1n) is 11.0. The molecule has 0 saturated carbocycles. The van der Waals surface area contributed by atoms with Gasteiger partial charge in [-0.1, -0.05) is 60.3 Å². The quantitative estimate of drug-likeness (QED) is 0.616. The average Bonchev–Trinajstić information content (AvgIpc) is 3.27. The van der Waals surface area contributed by atoms with Gasteiger partial charge in [0, 0.05) is 23.8 Å². The van der Waals surface area contributed by atoms with Crippen LogP contribution in [0.2, 0.25) is 0 Å². The molecule has 1 amide bonds. The van der Waals surface area contributed by atoms with E-state index in [0.717, 1.165) is 11.3 Å². The first-order chi connectivity index (χ1) is 16.5. The Balaban J connectivity index is 1.51. The zero-order valence-electron chi connectivity index (χ0n) is 18.9. The van der Waals surface area contributed by atoms with E-state index >= 15 is 0 Å². The number of aliphatic imine (C=N–C) groups is 1. The fourth-order valence-corrected chi connectivity index (χ4v) is 5.63. The van der Waals surface area contributed by atoms with Crippen molar-refractivity contribution in [2.75, 3.05) is 30.9 Å². The summed E-state index contributed by atoms with van der Waals surface area (Å²) in [6.45, 7) is 2.76. The summed E-state index contributed by atoms with van der Waals surface area (Å²) in [5.74, 6) is 0.509. The van der Waals surface area contributed by atoms with Gasteiger partial charge in [-0.05, 0) is 24.6 Å². The molecule has 1 fully saturated rings. The lowest BCUT2D eigenvalue weighted by Crippen LogP contribution is -2.42. The topological polar surface area (TPSA) is 79.7 Å². The maximum absolute atomic E-state index is 14.3. The molecule has 0 unspecified atom stereocenters. The molecule has 0 bridgehead atoms. The van der Waals surface area contributed by atoms with Crippen LogP contribution in [0.3, 0.4) is 0 Å². The number of thioether (sulfide) groups is 1. The van der Waals surface area contributed by atoms with Gasteiger partial charge in [-0.25, -0.2) is 9.98 Å². The predicted molar refractivity (Wildman–Crippen MR) is 131 cm³/mol. The molecule has 2 atom stereocenters. The Bertz CT molecular complexity index is 1240. The zero-order valence-corrected chi connectivity index (χ0v) is 19.7. The summed E-state index contributed by atoms with van der Waals surface area (Å²) < 4.78 is 19.4. The number of fused-ring (bicyclic) bond motifs is 1. The highest BCUT2D eigenvalue weighted by Crippen LogP contribution is 2.46. The number of amidine groups is 1. The molecule has 2 aliphatic heterocycles. The molecule has 1 aromatic heterocycles. The smallest absolute Gasteiger partial charge is 0.257 e. The van der Waals surface area contributed by atoms with Gasteiger partial charge >= 0.3 is 0 Å². The number of ether oxygens (including phenoxy) is 1. The third-order valence-corrected chi connectivity index (χ3v) is 7.29. The monoisotopic (exact) mass is 477 g/mol. The van der Waals surface area contributed by atoms with E-state index in [1.165, 1.54) is 18.9 Å². The lowest BCUT2D eigenvalue weighted by molar-refractivity contribution is 0.0977. The van der Waals surface area contributed by atoms with E-state index in [1.807, 2.05) is 41.3 Å². The summed E-state index contributed by atoms with van der Waals surface area (Å²) in [5, 5.41) is 3.57. The lowest BCUT2D eigenvalue weighted by Gasteiger charge is -2.35. The van der Waals surface area contributed by atoms with Crippen molar-refractivity contribution >= 4 is 28.8 Å². The molecule has 7 nitrogen and oxygen atoms in total. The van der Waals surface area contributed by atoms with Crippen molar-refractivity contribution in [1.29, 1.82) is 0 Å². The van der Waals surface area contributed by atoms with Gasteiger partial charge in [0.1, 0.15) is 5.54 Å². The van der Waals surface area contributed by atoms with Crippen molar-refractivity contribution in [1.82, 2.24) is 15.3 Å². The average molecular weight is 478 g/mol. The first kappa shape index (κ1) is 22.3. The Labute approximate surface area is 201 Å². The molecule has 2 aromatic carbocycles. The maximum Gasteiger partial charge on any atom is 0.257 e. The molecular weight excluding hydrogens is 453 g/mol. The molecule has 3 heterocycles. The van der Waals surface area contributed by atoms with Gasteiger partial charge in [-0.15, -0.1) is 0 Å². The van der Waals surface area contributed by atoms with E-state index in [2.05, 4.69) is 27.4 Å². The Morgan fingerprint density at radius 2 is 1.85 bits per heavy atom. The van der Waals surface area contributed by atoms with E-state index in [0.29, 0.717) is 29.8 Å². The number of carbonyl (C=O) groups excluding carboxylic acids is 1. The second-order valence-electron chi connectivity index (χ2n) is 8.35. The highest BCUT2D eigenvalue weighted by atomic mass is 32.2. The minimum atomic E-state index is -0.593. The fraction of sp³-hybridized carbons (Fsp3) is 0.280. The molecule has 3 aromatic rings. The van der Waals surface area contributed by atoms with Crippen LogP contribution in [0.5, 0.6) is 5.88 Å². The number of rotatable bonds is 4. The summed E-state index contributed by atoms with van der Waals surface area (Å²) in [5.41, 5.74) is 1.28. The number of anilines is 1. The van der Waals surface area contributed by atoms with Crippen molar-refractivity contribution < 1.29 is 13.9 Å². The summed E-state index contributed by atoms with van der Waals surface area (Å²) in [4.78, 5) is 28.6. The largest absolute Gasteiger partial charge is 0.479 e. The van der Waals surface area contributed by atoms with Crippen LogP contribution in [-0.4, -0.2) is 47.0 Å². The molecule has 0 aliphatic carbocycles. The van der Waals surface area contributed by atoms with Gasteiger partial charge in [0.25, 0.3) is 11.8 Å². The van der Waals surface area contributed by atoms with Gasteiger partial charge in [-0.3, -0.25) is 4.79 Å². The van der Waals surface area contributed by atoms with Crippen LogP contribution in [0.4, 0.5) is 10.3 Å². The minimum absolute atomic E-state index is 0.0696. The van der Waals surface area contributed by atoms with E-state index in [9.17, 15) is 9.18 Å². The second-order valence-corrected chi connectivity index (χ2v) is 9.36. The third-order valence-electron chi connectivity index (χ3n) is 6.25. The summed E-state index contributed by atoms with van der Waals surface area (Å²) in [6, 6.07) is 19.2. The van der Waals surface area contributed by atoms with Crippen LogP contribution in [0.25, 0.3) is 0 Å². The van der Waals surface area contributed by atoms with Crippen molar-refractivity contribution in [2.24, 2.45) is 10.9 Å². The number of methoxy groups -OCH3 is 1. The number of nitrogens with zero attached hydrogens (tertiary/aromatic N) is 4. The number of hydrogen-bond acceptors (Lipinski definition) is 7. The van der Waals surface area contributed by atoms with Crippen molar-refractivity contribution in [2.45, 2.75) is 12.5 Å². The Hall–Kier alpha value is -3.46. The number of nitrogens with one attached hydrogen (secondary N) is 1. The number of halogens is 1. The normalized spacial score (nSPS) is 21.6. The van der Waals surface area contributed by atoms with E-state index in [-0.39, 0.29) is 23.4 Å². The number of hydrogen-bond donors (Lipinski definition) is 1. The van der Waals surface area contributed by atoms with Crippen LogP contribution in [-0.2, 0) is 5.54 Å². The standard InChI is InChI=1S/C25H24FN5O2S/c1-16-20(26)22(33-2)29-23(27-16)31-13-19-14-34-24(28-21(32)17-9-5-3-6-10-17)30-25(19,15-31)18-11-7-4-8-12-18/h3-12,19H,13-15H2,1-2H3,(H,28,30,32)/t19-,25+/m0/s1. The Kier molecular flexibility index (Phi) is 5.95. The Morgan fingerprint density at radius 1 is 1.15 bits per heavy atom. The summed E-state index contributed by atoms with van der Waals surface area (Å²) >= 11 is 1.53. The lowest BCUT2D eigenvalue weighted by atomic mass is 9.82. The van der Waals surface area contributed by atoms with Gasteiger partial charge in [0.15, 0.2) is 5.17 Å². The molecule has 1 N–H and O–H groups in total. The van der Waals surface area contributed by atoms with Crippen LogP contribution in [0.1, 0.15) is 21.6 Å². The molecule has 174 valence electrons. The van der Waals surface area contributed by atoms with Gasteiger partial charge < -0.3 is 15.0 Å². The molecule has 2 aliphatic rings. The summed E-state index contributed by atoms with van der Waals surface area (Å²) in [7, 11) is 1.40. The van der Waals surface area contributed by atoms with Crippen molar-refractivity contribution in [3.63, 3.8) is 0 Å². The third kappa shape index (κ3) is 4.00. The SMILES string of the molecule is COc1nc(N2C[C@H]3CSC(NC(=O)c4ccccc4)=N[C@@]3(c3ccccc3)C2)nc(C)c1F. The van der Waals surface area contributed by atoms with Crippen molar-refractivity contribution in [3.05, 3.63) is 83.3 Å². The predicted octanol–water partition coefficient (Wildman–Crippen LogP) is 3.80. The van der Waals surface area contributed by atoms with Gasteiger partial charge in [0.2, 0.25) is 11.8 Å². The second kappa shape index (κ2) is 9.06.